The maximum Gasteiger partial charge on any atom is 0.273 e. The molecule has 5 N–H and O–H groups in total. The van der Waals surface area contributed by atoms with E-state index in [9.17, 15) is 9.18 Å². The number of rotatable bonds is 8. The maximum atomic E-state index is 13.3. The highest BCUT2D eigenvalue weighted by molar-refractivity contribution is 6.29. The summed E-state index contributed by atoms with van der Waals surface area (Å²) >= 11 is 0. The van der Waals surface area contributed by atoms with Crippen LogP contribution in [0.5, 0.6) is 5.75 Å². The van der Waals surface area contributed by atoms with E-state index in [1.165, 1.54) is 19.4 Å². The number of methoxy groups -OCH3 is 1. The van der Waals surface area contributed by atoms with Crippen molar-refractivity contribution in [2.75, 3.05) is 25.9 Å². The summed E-state index contributed by atoms with van der Waals surface area (Å²) < 4.78 is 40.9. The summed E-state index contributed by atoms with van der Waals surface area (Å²) in [4.78, 5) is 28.9. The molecule has 2 heterocycles. The van der Waals surface area contributed by atoms with Crippen LogP contribution in [0.2, 0.25) is 0 Å². The van der Waals surface area contributed by atoms with Crippen molar-refractivity contribution in [3.63, 3.8) is 0 Å². The summed E-state index contributed by atoms with van der Waals surface area (Å²) in [6.07, 6.45) is 3.42. The van der Waals surface area contributed by atoms with Gasteiger partial charge in [0, 0.05) is 23.7 Å². The number of aromatic nitrogens is 4. The zero-order valence-corrected chi connectivity index (χ0v) is 18.2. The Balaban J connectivity index is 2.10. The van der Waals surface area contributed by atoms with Gasteiger partial charge in [0.05, 0.1) is 42.7 Å². The van der Waals surface area contributed by atoms with Gasteiger partial charge in [-0.05, 0) is 19.1 Å². The SMILES string of the molecule is [2H]C([2H])([2H])NC(=O)c1nnc(N=C(C=NCC)NN)cc1Nc1cccc(-c2ncc(F)cn2)c1OC. The molecule has 2 aromatic heterocycles. The fourth-order valence-electron chi connectivity index (χ4n) is 2.79. The lowest BCUT2D eigenvalue weighted by Crippen LogP contribution is -2.31. The summed E-state index contributed by atoms with van der Waals surface area (Å²) in [7, 11) is 1.41. The molecule has 176 valence electrons. The number of hydrazine groups is 1. The number of amidine groups is 1. The number of nitrogens with zero attached hydrogens (tertiary/aromatic N) is 6. The van der Waals surface area contributed by atoms with Gasteiger partial charge in [-0.15, -0.1) is 10.2 Å². The third-order valence-corrected chi connectivity index (χ3v) is 4.24. The number of nitrogens with two attached hydrogens (primary N) is 1. The molecule has 0 radical (unpaired) electrons. The molecular formula is C21H23FN10O2. The number of anilines is 2. The third-order valence-electron chi connectivity index (χ3n) is 4.24. The van der Waals surface area contributed by atoms with Crippen LogP contribution in [0.25, 0.3) is 11.4 Å². The Morgan fingerprint density at radius 1 is 1.29 bits per heavy atom. The molecule has 0 aliphatic carbocycles. The Bertz CT molecular complexity index is 1320. The van der Waals surface area contributed by atoms with Gasteiger partial charge in [0.2, 0.25) is 0 Å². The van der Waals surface area contributed by atoms with E-state index in [1.54, 1.807) is 18.2 Å². The van der Waals surface area contributed by atoms with Crippen LogP contribution in [0.1, 0.15) is 21.5 Å². The number of benzene rings is 1. The van der Waals surface area contributed by atoms with Gasteiger partial charge in [-0.25, -0.2) is 25.2 Å². The Labute approximate surface area is 198 Å². The monoisotopic (exact) mass is 469 g/mol. The molecule has 0 aliphatic rings. The van der Waals surface area contributed by atoms with E-state index in [0.717, 1.165) is 12.4 Å². The lowest BCUT2D eigenvalue weighted by Gasteiger charge is -2.16. The van der Waals surface area contributed by atoms with Crippen LogP contribution in [0.4, 0.5) is 21.6 Å². The lowest BCUT2D eigenvalue weighted by molar-refractivity contribution is 0.0958. The Morgan fingerprint density at radius 2 is 2.09 bits per heavy atom. The van der Waals surface area contributed by atoms with E-state index in [1.807, 2.05) is 12.2 Å². The number of ether oxygens (including phenoxy) is 1. The summed E-state index contributed by atoms with van der Waals surface area (Å²) in [6.45, 7) is -0.456. The summed E-state index contributed by atoms with van der Waals surface area (Å²) in [5.41, 5.74) is 2.85. The quantitative estimate of drug-likeness (QED) is 0.166. The van der Waals surface area contributed by atoms with E-state index in [4.69, 9.17) is 14.7 Å². The van der Waals surface area contributed by atoms with Crippen molar-refractivity contribution in [3.05, 3.63) is 48.2 Å². The normalized spacial score (nSPS) is 13.1. The molecular weight excluding hydrogens is 443 g/mol. The number of aliphatic imine (C=N–C) groups is 2. The van der Waals surface area contributed by atoms with E-state index in [0.29, 0.717) is 17.8 Å². The molecule has 0 unspecified atom stereocenters. The first kappa shape index (κ1) is 20.1. The molecule has 0 spiro atoms. The predicted molar refractivity (Wildman–Crippen MR) is 126 cm³/mol. The molecule has 0 bridgehead atoms. The van der Waals surface area contributed by atoms with Crippen molar-refractivity contribution >= 4 is 35.2 Å². The zero-order chi connectivity index (χ0) is 27.0. The van der Waals surface area contributed by atoms with Crippen LogP contribution >= 0.6 is 0 Å². The average molecular weight is 469 g/mol. The van der Waals surface area contributed by atoms with E-state index < -0.39 is 18.7 Å². The average Bonchev–Trinajstić information content (AvgIpc) is 2.86. The molecule has 0 saturated heterocycles. The van der Waals surface area contributed by atoms with E-state index in [-0.39, 0.29) is 34.6 Å². The van der Waals surface area contributed by atoms with Gasteiger partial charge in [0.15, 0.2) is 34.7 Å². The first-order valence-electron chi connectivity index (χ1n) is 11.3. The van der Waals surface area contributed by atoms with Gasteiger partial charge in [-0.1, -0.05) is 6.07 Å². The van der Waals surface area contributed by atoms with E-state index in [2.05, 4.69) is 40.9 Å². The van der Waals surface area contributed by atoms with Crippen LogP contribution in [-0.4, -0.2) is 58.8 Å². The molecule has 34 heavy (non-hydrogen) atoms. The highest BCUT2D eigenvalue weighted by Crippen LogP contribution is 2.37. The molecule has 1 amide bonds. The van der Waals surface area contributed by atoms with Crippen LogP contribution in [0.3, 0.4) is 0 Å². The number of amides is 1. The topological polar surface area (TPSA) is 165 Å². The molecule has 0 aliphatic heterocycles. The number of halogens is 1. The van der Waals surface area contributed by atoms with Crippen molar-refractivity contribution in [1.82, 2.24) is 30.9 Å². The summed E-state index contributed by atoms with van der Waals surface area (Å²) in [5, 5.41) is 12.6. The number of carbonyl (C=O) groups is 1. The minimum atomic E-state index is -2.77. The molecule has 0 fully saturated rings. The second kappa shape index (κ2) is 11.4. The van der Waals surface area contributed by atoms with Crippen molar-refractivity contribution < 1.29 is 18.0 Å². The van der Waals surface area contributed by atoms with Crippen LogP contribution in [0, 0.1) is 5.82 Å². The number of nitrogens with one attached hydrogen (secondary N) is 3. The van der Waals surface area contributed by atoms with Gasteiger partial charge in [0.25, 0.3) is 5.91 Å². The maximum absolute atomic E-state index is 13.3. The Hall–Kier alpha value is -4.52. The second-order valence-corrected chi connectivity index (χ2v) is 6.42. The summed E-state index contributed by atoms with van der Waals surface area (Å²) in [5.74, 6) is 4.51. The Morgan fingerprint density at radius 3 is 2.76 bits per heavy atom. The molecule has 1 aromatic carbocycles. The fraction of sp³-hybridized carbons (Fsp3) is 0.190. The highest BCUT2D eigenvalue weighted by Gasteiger charge is 2.18. The van der Waals surface area contributed by atoms with Gasteiger partial charge >= 0.3 is 0 Å². The van der Waals surface area contributed by atoms with Crippen molar-refractivity contribution in [3.8, 4) is 17.1 Å². The standard InChI is InChI=1S/C21H23FN10O2/c1-4-25-11-17(30-23)29-16-8-15(18(32-31-16)21(33)24-2)28-14-7-5-6-13(19(14)34-3)20-26-9-12(22)10-27-20/h5-11H,4,23H2,1-3H3,(H,24,33)(H2,28,29,30,31)/i2D3. The second-order valence-electron chi connectivity index (χ2n) is 6.42. The van der Waals surface area contributed by atoms with E-state index >= 15 is 0 Å². The number of carbonyl (C=O) groups excluding carboxylic acids is 1. The van der Waals surface area contributed by atoms with Gasteiger partial charge in [-0.3, -0.25) is 9.79 Å². The van der Waals surface area contributed by atoms with Crippen molar-refractivity contribution in [1.29, 1.82) is 0 Å². The number of para-hydroxylation sites is 1. The largest absolute Gasteiger partial charge is 0.494 e. The lowest BCUT2D eigenvalue weighted by atomic mass is 10.1. The number of hydrogen-bond donors (Lipinski definition) is 4. The van der Waals surface area contributed by atoms with Crippen LogP contribution < -0.4 is 26.6 Å². The van der Waals surface area contributed by atoms with Gasteiger partial charge in [0.1, 0.15) is 0 Å². The highest BCUT2D eigenvalue weighted by atomic mass is 19.1. The minimum Gasteiger partial charge on any atom is -0.494 e. The third kappa shape index (κ3) is 5.63. The Kier molecular flexibility index (Phi) is 6.73. The van der Waals surface area contributed by atoms with Crippen molar-refractivity contribution in [2.45, 2.75) is 6.92 Å². The van der Waals surface area contributed by atoms with Crippen LogP contribution in [-0.2, 0) is 0 Å². The smallest absolute Gasteiger partial charge is 0.273 e. The minimum absolute atomic E-state index is 0.0282. The molecule has 0 atom stereocenters. The predicted octanol–water partition coefficient (Wildman–Crippen LogP) is 1.77. The molecule has 13 heteroatoms. The molecule has 3 aromatic rings. The van der Waals surface area contributed by atoms with Gasteiger partial charge in [-0.2, -0.15) is 0 Å². The number of hydrogen-bond acceptors (Lipinski definition) is 10. The zero-order valence-electron chi connectivity index (χ0n) is 21.2. The summed E-state index contributed by atoms with van der Waals surface area (Å²) in [6, 6.07) is 6.30. The fourth-order valence-corrected chi connectivity index (χ4v) is 2.79. The van der Waals surface area contributed by atoms with Crippen LogP contribution in [0.15, 0.2) is 46.6 Å². The molecule has 3 rings (SSSR count). The first-order valence-corrected chi connectivity index (χ1v) is 9.82. The van der Waals surface area contributed by atoms with Gasteiger partial charge < -0.3 is 20.8 Å². The first-order chi connectivity index (χ1) is 17.6. The molecule has 12 nitrogen and oxygen atoms in total. The molecule has 0 saturated carbocycles. The van der Waals surface area contributed by atoms with Crippen molar-refractivity contribution in [2.24, 2.45) is 15.8 Å².